The first kappa shape index (κ1) is 9.36. The zero-order valence-electron chi connectivity index (χ0n) is 4.55. The number of nitrogens with zero attached hydrogens (tertiary/aromatic N) is 2. The minimum Gasteiger partial charge on any atom is -0.202 e. The molecule has 0 heterocycles. The summed E-state index contributed by atoms with van der Waals surface area (Å²) in [5.41, 5.74) is 0. The third-order valence-corrected chi connectivity index (χ3v) is 0.258. The van der Waals surface area contributed by atoms with Crippen LogP contribution in [0.3, 0.4) is 0 Å². The molecule has 0 aromatic heterocycles. The van der Waals surface area contributed by atoms with Gasteiger partial charge in [0.15, 0.2) is 0 Å². The summed E-state index contributed by atoms with van der Waals surface area (Å²) in [6, 6.07) is 2.03. The van der Waals surface area contributed by atoms with E-state index in [-0.39, 0.29) is 5.92 Å². The maximum atomic E-state index is 7.89. The lowest BCUT2D eigenvalue weighted by molar-refractivity contribution is 0.849. The fourth-order valence-corrected chi connectivity index (χ4v) is 0. The molecule has 0 radical (unpaired) electrons. The molecule has 0 aromatic carbocycles. The molecule has 0 aliphatic heterocycles. The van der Waals surface area contributed by atoms with Crippen LogP contribution >= 0.6 is 0 Å². The summed E-state index contributed by atoms with van der Waals surface area (Å²) < 4.78 is 0. The Hall–Kier alpha value is -1.02. The maximum Gasteiger partial charge on any atom is 0.0649 e. The minimum atomic E-state index is 0.190. The zero-order valence-corrected chi connectivity index (χ0v) is 4.55. The Bertz CT molecular complexity index is 75.8. The van der Waals surface area contributed by atoms with Gasteiger partial charge in [-0.1, -0.05) is 0 Å². The maximum absolute atomic E-state index is 7.89. The van der Waals surface area contributed by atoms with Crippen molar-refractivity contribution < 1.29 is 0 Å². The number of nitriles is 2. The SMILES string of the molecule is C#N.CC(C)C#N. The lowest BCUT2D eigenvalue weighted by atomic mass is 10.3. The smallest absolute Gasteiger partial charge is 0.0649 e. The van der Waals surface area contributed by atoms with Crippen LogP contribution in [-0.2, 0) is 0 Å². The molecule has 0 bridgehead atoms. The summed E-state index contributed by atoms with van der Waals surface area (Å²) in [6.45, 7) is 7.22. The second-order valence-corrected chi connectivity index (χ2v) is 1.28. The Morgan fingerprint density at radius 3 is 1.57 bits per heavy atom. The van der Waals surface area contributed by atoms with Gasteiger partial charge in [-0.2, -0.15) is 5.26 Å². The van der Waals surface area contributed by atoms with Gasteiger partial charge in [0.25, 0.3) is 0 Å². The van der Waals surface area contributed by atoms with E-state index >= 15 is 0 Å². The third kappa shape index (κ3) is 46.0. The van der Waals surface area contributed by atoms with Crippen LogP contribution in [0.15, 0.2) is 0 Å². The molecule has 0 amide bonds. The lowest BCUT2D eigenvalue weighted by Crippen LogP contribution is -1.72. The van der Waals surface area contributed by atoms with Crippen molar-refractivity contribution in [1.82, 2.24) is 0 Å². The highest BCUT2D eigenvalue weighted by Crippen LogP contribution is 1.81. The topological polar surface area (TPSA) is 47.6 Å². The molecule has 0 aliphatic carbocycles. The second-order valence-electron chi connectivity index (χ2n) is 1.28. The van der Waals surface area contributed by atoms with Gasteiger partial charge in [-0.05, 0) is 13.8 Å². The Kier molecular flexibility index (Phi) is 11.9. The van der Waals surface area contributed by atoms with Crippen molar-refractivity contribution in [3.63, 3.8) is 0 Å². The number of hydrogen-bond donors (Lipinski definition) is 0. The molecule has 38 valence electrons. The van der Waals surface area contributed by atoms with Crippen LogP contribution in [0.2, 0.25) is 0 Å². The average Bonchev–Trinajstić information content (AvgIpc) is 1.73. The van der Waals surface area contributed by atoms with Gasteiger partial charge < -0.3 is 0 Å². The molecule has 0 spiro atoms. The Morgan fingerprint density at radius 2 is 1.57 bits per heavy atom. The average molecular weight is 96.1 g/mol. The minimum absolute atomic E-state index is 0.190. The molecule has 2 heteroatoms. The van der Waals surface area contributed by atoms with Gasteiger partial charge in [0.05, 0.1) is 6.07 Å². The first-order valence-electron chi connectivity index (χ1n) is 1.93. The molecule has 2 nitrogen and oxygen atoms in total. The predicted octanol–water partition coefficient (Wildman–Crippen LogP) is 1.31. The van der Waals surface area contributed by atoms with Gasteiger partial charge in [0.2, 0.25) is 0 Å². The first-order chi connectivity index (χ1) is 3.27. The van der Waals surface area contributed by atoms with Crippen molar-refractivity contribution in [1.29, 1.82) is 10.5 Å². The van der Waals surface area contributed by atoms with Gasteiger partial charge in [-0.15, -0.1) is 0 Å². The van der Waals surface area contributed by atoms with Crippen LogP contribution in [0.1, 0.15) is 13.8 Å². The summed E-state index contributed by atoms with van der Waals surface area (Å²) in [6.07, 6.45) is 0. The number of hydrogen-bond acceptors (Lipinski definition) is 2. The quantitative estimate of drug-likeness (QED) is 0.456. The van der Waals surface area contributed by atoms with E-state index in [1.54, 1.807) is 0 Å². The van der Waals surface area contributed by atoms with Crippen molar-refractivity contribution in [3.8, 4) is 12.6 Å². The van der Waals surface area contributed by atoms with Gasteiger partial charge in [-0.3, -0.25) is 0 Å². The molecule has 0 saturated heterocycles. The van der Waals surface area contributed by atoms with Gasteiger partial charge in [-0.25, -0.2) is 5.26 Å². The summed E-state index contributed by atoms with van der Waals surface area (Å²) in [5, 5.41) is 14.4. The standard InChI is InChI=1S/C4H7N.CHN/c1-4(2)3-5;1-2/h4H,1-2H3;1H. The molecule has 7 heavy (non-hydrogen) atoms. The summed E-state index contributed by atoms with van der Waals surface area (Å²) in [5.74, 6) is 0.190. The Morgan fingerprint density at radius 1 is 1.43 bits per heavy atom. The van der Waals surface area contributed by atoms with E-state index in [0.29, 0.717) is 0 Å². The highest BCUT2D eigenvalue weighted by molar-refractivity contribution is 4.72. The monoisotopic (exact) mass is 96.1 g/mol. The van der Waals surface area contributed by atoms with Crippen molar-refractivity contribution in [2.45, 2.75) is 13.8 Å². The first-order valence-corrected chi connectivity index (χ1v) is 1.93. The van der Waals surface area contributed by atoms with Crippen LogP contribution in [0.5, 0.6) is 0 Å². The van der Waals surface area contributed by atoms with Crippen molar-refractivity contribution >= 4 is 0 Å². The van der Waals surface area contributed by atoms with E-state index in [0.717, 1.165) is 0 Å². The lowest BCUT2D eigenvalue weighted by Gasteiger charge is -1.75. The van der Waals surface area contributed by atoms with Gasteiger partial charge in [0.1, 0.15) is 0 Å². The molecule has 0 atom stereocenters. The molecule has 0 aromatic rings. The normalized spacial score (nSPS) is 5.71. The molecular weight excluding hydrogens is 88.1 g/mol. The van der Waals surface area contributed by atoms with Gasteiger partial charge in [0, 0.05) is 12.5 Å². The summed E-state index contributed by atoms with van der Waals surface area (Å²) >= 11 is 0. The molecule has 0 unspecified atom stereocenters. The molecule has 0 rings (SSSR count). The van der Waals surface area contributed by atoms with E-state index in [1.165, 1.54) is 0 Å². The number of rotatable bonds is 0. The zero-order chi connectivity index (χ0) is 6.28. The highest BCUT2D eigenvalue weighted by atomic mass is 14.2. The van der Waals surface area contributed by atoms with Crippen molar-refractivity contribution in [2.75, 3.05) is 0 Å². The third-order valence-electron chi connectivity index (χ3n) is 0.258. The van der Waals surface area contributed by atoms with Gasteiger partial charge >= 0.3 is 0 Å². The van der Waals surface area contributed by atoms with Crippen molar-refractivity contribution in [2.24, 2.45) is 5.92 Å². The van der Waals surface area contributed by atoms with Crippen LogP contribution in [0, 0.1) is 29.1 Å². The summed E-state index contributed by atoms with van der Waals surface area (Å²) in [4.78, 5) is 0. The van der Waals surface area contributed by atoms with E-state index in [4.69, 9.17) is 10.5 Å². The summed E-state index contributed by atoms with van der Waals surface area (Å²) in [7, 11) is 0. The van der Waals surface area contributed by atoms with Crippen LogP contribution < -0.4 is 0 Å². The Balaban J connectivity index is 0. The second kappa shape index (κ2) is 8.88. The molecular formula is C5H8N2. The fraction of sp³-hybridized carbons (Fsp3) is 0.600. The van der Waals surface area contributed by atoms with E-state index in [2.05, 4.69) is 6.57 Å². The van der Waals surface area contributed by atoms with Crippen LogP contribution in [-0.4, -0.2) is 0 Å². The van der Waals surface area contributed by atoms with E-state index in [9.17, 15) is 0 Å². The van der Waals surface area contributed by atoms with Crippen LogP contribution in [0.4, 0.5) is 0 Å². The van der Waals surface area contributed by atoms with Crippen LogP contribution in [0.25, 0.3) is 0 Å². The highest BCUT2D eigenvalue weighted by Gasteiger charge is 1.78. The Labute approximate surface area is 44.0 Å². The predicted molar refractivity (Wildman–Crippen MR) is 27.1 cm³/mol. The molecule has 0 saturated carbocycles. The van der Waals surface area contributed by atoms with Crippen molar-refractivity contribution in [3.05, 3.63) is 0 Å². The molecule has 0 aliphatic rings. The molecule has 0 N–H and O–H groups in total. The van der Waals surface area contributed by atoms with E-state index < -0.39 is 0 Å². The molecule has 0 fully saturated rings. The van der Waals surface area contributed by atoms with E-state index in [1.807, 2.05) is 19.9 Å². The largest absolute Gasteiger partial charge is 0.202 e. The fourth-order valence-electron chi connectivity index (χ4n) is 0.